The summed E-state index contributed by atoms with van der Waals surface area (Å²) in [6.45, 7) is 1.71. The SMILES string of the molecule is CC(NC(=O)CNC(=O)c1ccc(Cl)c(Cl)c1)c1ccc(-n2cncn2)cc1. The van der Waals surface area contributed by atoms with Gasteiger partial charge < -0.3 is 10.6 Å². The number of carbonyl (C=O) groups excluding carboxylic acids is 2. The van der Waals surface area contributed by atoms with E-state index in [1.807, 2.05) is 31.2 Å². The molecular formula is C19H17Cl2N5O2. The summed E-state index contributed by atoms with van der Waals surface area (Å²) < 4.78 is 1.64. The molecule has 0 saturated heterocycles. The molecule has 2 aromatic carbocycles. The zero-order valence-electron chi connectivity index (χ0n) is 14.9. The predicted molar refractivity (Wildman–Crippen MR) is 107 cm³/mol. The Hall–Kier alpha value is -2.90. The van der Waals surface area contributed by atoms with Crippen molar-refractivity contribution in [3.05, 3.63) is 76.3 Å². The number of aromatic nitrogens is 3. The predicted octanol–water partition coefficient (Wildman–Crippen LogP) is 3.18. The van der Waals surface area contributed by atoms with Gasteiger partial charge in [0.2, 0.25) is 5.91 Å². The highest BCUT2D eigenvalue weighted by atomic mass is 35.5. The van der Waals surface area contributed by atoms with E-state index >= 15 is 0 Å². The van der Waals surface area contributed by atoms with Crippen molar-refractivity contribution in [1.82, 2.24) is 25.4 Å². The first kappa shape index (κ1) is 19.9. The number of nitrogens with one attached hydrogen (secondary N) is 2. The topological polar surface area (TPSA) is 88.9 Å². The summed E-state index contributed by atoms with van der Waals surface area (Å²) in [6.07, 6.45) is 3.07. The molecule has 3 aromatic rings. The number of rotatable bonds is 6. The molecule has 0 radical (unpaired) electrons. The molecule has 1 aromatic heterocycles. The molecule has 0 spiro atoms. The van der Waals surface area contributed by atoms with Crippen molar-refractivity contribution in [3.8, 4) is 5.69 Å². The fraction of sp³-hybridized carbons (Fsp3) is 0.158. The molecule has 0 aliphatic carbocycles. The Labute approximate surface area is 171 Å². The van der Waals surface area contributed by atoms with Gasteiger partial charge in [-0.25, -0.2) is 9.67 Å². The van der Waals surface area contributed by atoms with Gasteiger partial charge >= 0.3 is 0 Å². The van der Waals surface area contributed by atoms with Crippen LogP contribution < -0.4 is 10.6 Å². The first-order chi connectivity index (χ1) is 13.4. The molecule has 0 bridgehead atoms. The van der Waals surface area contributed by atoms with Crippen LogP contribution in [0.15, 0.2) is 55.1 Å². The minimum absolute atomic E-state index is 0.152. The summed E-state index contributed by atoms with van der Waals surface area (Å²) in [5.41, 5.74) is 2.13. The van der Waals surface area contributed by atoms with Crippen LogP contribution in [0.25, 0.3) is 5.69 Å². The molecule has 0 aliphatic heterocycles. The quantitative estimate of drug-likeness (QED) is 0.644. The fourth-order valence-corrected chi connectivity index (χ4v) is 2.83. The molecule has 1 heterocycles. The number of benzene rings is 2. The summed E-state index contributed by atoms with van der Waals surface area (Å²) in [5.74, 6) is -0.709. The van der Waals surface area contributed by atoms with Crippen LogP contribution in [0.2, 0.25) is 10.0 Å². The smallest absolute Gasteiger partial charge is 0.251 e. The van der Waals surface area contributed by atoms with E-state index in [-0.39, 0.29) is 23.5 Å². The molecule has 144 valence electrons. The molecule has 0 aliphatic rings. The minimum Gasteiger partial charge on any atom is -0.348 e. The average Bonchev–Trinajstić information content (AvgIpc) is 3.23. The maximum Gasteiger partial charge on any atom is 0.251 e. The van der Waals surface area contributed by atoms with Crippen molar-refractivity contribution < 1.29 is 9.59 Å². The van der Waals surface area contributed by atoms with E-state index in [0.717, 1.165) is 11.3 Å². The van der Waals surface area contributed by atoms with Gasteiger partial charge in [-0.2, -0.15) is 5.10 Å². The summed E-state index contributed by atoms with van der Waals surface area (Å²) in [5, 5.41) is 10.1. The van der Waals surface area contributed by atoms with Crippen LogP contribution in [0.4, 0.5) is 0 Å². The maximum absolute atomic E-state index is 12.1. The van der Waals surface area contributed by atoms with Crippen LogP contribution in [0.5, 0.6) is 0 Å². The van der Waals surface area contributed by atoms with Crippen molar-refractivity contribution >= 4 is 35.0 Å². The van der Waals surface area contributed by atoms with Gasteiger partial charge in [-0.05, 0) is 42.8 Å². The van der Waals surface area contributed by atoms with E-state index in [0.29, 0.717) is 10.6 Å². The molecule has 2 amide bonds. The zero-order valence-corrected chi connectivity index (χ0v) is 16.4. The second-order valence-electron chi connectivity index (χ2n) is 6.03. The van der Waals surface area contributed by atoms with E-state index in [2.05, 4.69) is 20.7 Å². The standard InChI is InChI=1S/C19H17Cl2N5O2/c1-12(13-2-5-15(6-3-13)26-11-22-10-24-26)25-18(27)9-23-19(28)14-4-7-16(20)17(21)8-14/h2-8,10-12H,9H2,1H3,(H,23,28)(H,25,27). The highest BCUT2D eigenvalue weighted by molar-refractivity contribution is 6.42. The van der Waals surface area contributed by atoms with Gasteiger partial charge in [0.25, 0.3) is 5.91 Å². The molecule has 0 fully saturated rings. The molecule has 1 atom stereocenters. The van der Waals surface area contributed by atoms with Gasteiger partial charge in [-0.15, -0.1) is 0 Å². The highest BCUT2D eigenvalue weighted by Gasteiger charge is 2.13. The van der Waals surface area contributed by atoms with Gasteiger partial charge in [0.1, 0.15) is 12.7 Å². The van der Waals surface area contributed by atoms with Crippen LogP contribution in [-0.4, -0.2) is 33.1 Å². The van der Waals surface area contributed by atoms with Crippen LogP contribution in [0.1, 0.15) is 28.9 Å². The largest absolute Gasteiger partial charge is 0.348 e. The zero-order chi connectivity index (χ0) is 20.1. The number of hydrogen-bond donors (Lipinski definition) is 2. The molecule has 2 N–H and O–H groups in total. The molecule has 9 heteroatoms. The van der Waals surface area contributed by atoms with Crippen molar-refractivity contribution in [2.24, 2.45) is 0 Å². The third kappa shape index (κ3) is 4.88. The van der Waals surface area contributed by atoms with Crippen LogP contribution in [-0.2, 0) is 4.79 Å². The van der Waals surface area contributed by atoms with Crippen LogP contribution >= 0.6 is 23.2 Å². The lowest BCUT2D eigenvalue weighted by molar-refractivity contribution is -0.120. The maximum atomic E-state index is 12.1. The Bertz CT molecular complexity index is 974. The number of carbonyl (C=O) groups is 2. The third-order valence-electron chi connectivity index (χ3n) is 4.05. The van der Waals surface area contributed by atoms with E-state index < -0.39 is 5.91 Å². The lowest BCUT2D eigenvalue weighted by atomic mass is 10.1. The lowest BCUT2D eigenvalue weighted by Gasteiger charge is -2.15. The first-order valence-corrected chi connectivity index (χ1v) is 9.17. The Morgan fingerprint density at radius 3 is 2.50 bits per heavy atom. The van der Waals surface area contributed by atoms with Gasteiger partial charge in [0.15, 0.2) is 0 Å². The van der Waals surface area contributed by atoms with E-state index in [9.17, 15) is 9.59 Å². The second kappa shape index (κ2) is 8.86. The third-order valence-corrected chi connectivity index (χ3v) is 4.78. The van der Waals surface area contributed by atoms with E-state index in [1.165, 1.54) is 18.5 Å². The van der Waals surface area contributed by atoms with Crippen LogP contribution in [0, 0.1) is 0 Å². The Balaban J connectivity index is 1.52. The van der Waals surface area contributed by atoms with E-state index in [1.54, 1.807) is 17.1 Å². The lowest BCUT2D eigenvalue weighted by Crippen LogP contribution is -2.38. The van der Waals surface area contributed by atoms with Gasteiger partial charge in [0.05, 0.1) is 28.3 Å². The monoisotopic (exact) mass is 417 g/mol. The number of amides is 2. The molecular weight excluding hydrogens is 401 g/mol. The summed E-state index contributed by atoms with van der Waals surface area (Å²) in [4.78, 5) is 28.2. The van der Waals surface area contributed by atoms with Crippen molar-refractivity contribution in [2.75, 3.05) is 6.54 Å². The van der Waals surface area contributed by atoms with Crippen molar-refractivity contribution in [2.45, 2.75) is 13.0 Å². The Morgan fingerprint density at radius 2 is 1.86 bits per heavy atom. The van der Waals surface area contributed by atoms with Gasteiger partial charge in [-0.1, -0.05) is 35.3 Å². The summed E-state index contributed by atoms with van der Waals surface area (Å²) in [6, 6.07) is 11.9. The van der Waals surface area contributed by atoms with Gasteiger partial charge in [-0.3, -0.25) is 9.59 Å². The fourth-order valence-electron chi connectivity index (χ4n) is 2.53. The van der Waals surface area contributed by atoms with Gasteiger partial charge in [0, 0.05) is 5.56 Å². The normalized spacial score (nSPS) is 11.7. The van der Waals surface area contributed by atoms with Crippen molar-refractivity contribution in [1.29, 1.82) is 0 Å². The Kier molecular flexibility index (Phi) is 6.28. The number of hydrogen-bond acceptors (Lipinski definition) is 4. The Morgan fingerprint density at radius 1 is 1.11 bits per heavy atom. The summed E-state index contributed by atoms with van der Waals surface area (Å²) >= 11 is 11.7. The molecule has 7 nitrogen and oxygen atoms in total. The minimum atomic E-state index is -0.404. The van der Waals surface area contributed by atoms with Crippen LogP contribution in [0.3, 0.4) is 0 Å². The molecule has 1 unspecified atom stereocenters. The highest BCUT2D eigenvalue weighted by Crippen LogP contribution is 2.22. The number of halogens is 2. The molecule has 28 heavy (non-hydrogen) atoms. The van der Waals surface area contributed by atoms with E-state index in [4.69, 9.17) is 23.2 Å². The molecule has 3 rings (SSSR count). The first-order valence-electron chi connectivity index (χ1n) is 8.41. The second-order valence-corrected chi connectivity index (χ2v) is 6.85. The number of nitrogens with zero attached hydrogens (tertiary/aromatic N) is 3. The average molecular weight is 418 g/mol. The summed E-state index contributed by atoms with van der Waals surface area (Å²) in [7, 11) is 0. The van der Waals surface area contributed by atoms with Crippen molar-refractivity contribution in [3.63, 3.8) is 0 Å². The molecule has 0 saturated carbocycles.